The molecule has 1 atom stereocenters. The number of hydrogen-bond donors (Lipinski definition) is 4. The van der Waals surface area contributed by atoms with Gasteiger partial charge in [-0.05, 0) is 47.7 Å². The van der Waals surface area contributed by atoms with Gasteiger partial charge in [0.1, 0.15) is 11.9 Å². The quantitative estimate of drug-likeness (QED) is 0.165. The van der Waals surface area contributed by atoms with Crippen molar-refractivity contribution in [3.63, 3.8) is 0 Å². The van der Waals surface area contributed by atoms with E-state index in [0.717, 1.165) is 33.2 Å². The van der Waals surface area contributed by atoms with E-state index in [-0.39, 0.29) is 29.8 Å². The van der Waals surface area contributed by atoms with Crippen LogP contribution >= 0.6 is 35.3 Å². The maximum atomic E-state index is 13.3. The zero-order valence-corrected chi connectivity index (χ0v) is 19.6. The SMILES string of the molecule is CN=C(NCCc1c[nH]c2cc(F)ccc12)NCC(O)c1cc2ccccc2s1.I. The van der Waals surface area contributed by atoms with E-state index in [1.807, 2.05) is 24.4 Å². The minimum atomic E-state index is -0.602. The van der Waals surface area contributed by atoms with Gasteiger partial charge in [0.25, 0.3) is 0 Å². The van der Waals surface area contributed by atoms with Gasteiger partial charge in [-0.3, -0.25) is 4.99 Å². The molecule has 2 aromatic heterocycles. The van der Waals surface area contributed by atoms with Gasteiger partial charge in [-0.15, -0.1) is 35.3 Å². The van der Waals surface area contributed by atoms with Gasteiger partial charge in [0.15, 0.2) is 5.96 Å². The number of nitrogens with zero attached hydrogens (tertiary/aromatic N) is 1. The van der Waals surface area contributed by atoms with Crippen LogP contribution in [0.5, 0.6) is 0 Å². The average Bonchev–Trinajstić information content (AvgIpc) is 3.34. The number of aliphatic imine (C=N–C) groups is 1. The summed E-state index contributed by atoms with van der Waals surface area (Å²) in [6.45, 7) is 1.04. The molecule has 4 rings (SSSR count). The maximum absolute atomic E-state index is 13.3. The topological polar surface area (TPSA) is 72.4 Å². The van der Waals surface area contributed by atoms with Crippen LogP contribution in [0, 0.1) is 5.82 Å². The number of thiophene rings is 1. The fraction of sp³-hybridized carbons (Fsp3) is 0.227. The smallest absolute Gasteiger partial charge is 0.191 e. The van der Waals surface area contributed by atoms with Crippen LogP contribution in [0.1, 0.15) is 16.5 Å². The molecule has 8 heteroatoms. The van der Waals surface area contributed by atoms with Crippen LogP contribution in [0.25, 0.3) is 21.0 Å². The Morgan fingerprint density at radius 1 is 1.20 bits per heavy atom. The second-order valence-corrected chi connectivity index (χ2v) is 7.95. The highest BCUT2D eigenvalue weighted by Gasteiger charge is 2.12. The van der Waals surface area contributed by atoms with Gasteiger partial charge in [-0.25, -0.2) is 4.39 Å². The zero-order chi connectivity index (χ0) is 20.2. The van der Waals surface area contributed by atoms with Crippen molar-refractivity contribution < 1.29 is 9.50 Å². The third-order valence-electron chi connectivity index (χ3n) is 4.88. The molecule has 0 aliphatic carbocycles. The number of fused-ring (bicyclic) bond motifs is 2. The van der Waals surface area contributed by atoms with Crippen molar-refractivity contribution in [1.82, 2.24) is 15.6 Å². The molecule has 1 unspecified atom stereocenters. The van der Waals surface area contributed by atoms with E-state index in [2.05, 4.69) is 32.7 Å². The molecule has 0 fully saturated rings. The maximum Gasteiger partial charge on any atom is 0.191 e. The van der Waals surface area contributed by atoms with Crippen molar-refractivity contribution >= 4 is 62.3 Å². The van der Waals surface area contributed by atoms with Crippen molar-refractivity contribution in [3.05, 3.63) is 71.0 Å². The Hall–Kier alpha value is -2.17. The Morgan fingerprint density at radius 2 is 2.03 bits per heavy atom. The third-order valence-corrected chi connectivity index (χ3v) is 6.09. The van der Waals surface area contributed by atoms with E-state index in [0.29, 0.717) is 19.0 Å². The van der Waals surface area contributed by atoms with E-state index >= 15 is 0 Å². The van der Waals surface area contributed by atoms with Crippen LogP contribution in [0.4, 0.5) is 4.39 Å². The van der Waals surface area contributed by atoms with Crippen LogP contribution in [0.15, 0.2) is 59.7 Å². The summed E-state index contributed by atoms with van der Waals surface area (Å²) < 4.78 is 14.5. The second kappa shape index (κ2) is 10.2. The predicted octanol–water partition coefficient (Wildman–Crippen LogP) is 4.58. The molecule has 0 aliphatic rings. The van der Waals surface area contributed by atoms with Crippen LogP contribution in [-0.4, -0.2) is 36.2 Å². The highest BCUT2D eigenvalue weighted by molar-refractivity contribution is 14.0. The standard InChI is InChI=1S/C22H23FN4OS.HI/c1-24-22(25-9-8-15-12-26-18-11-16(23)6-7-17(15)18)27-13-19(28)21-10-14-4-2-3-5-20(14)29-21;/h2-7,10-12,19,26,28H,8-9,13H2,1H3,(H2,24,25,27);1H. The number of aromatic nitrogens is 1. The number of H-pyrrole nitrogens is 1. The highest BCUT2D eigenvalue weighted by atomic mass is 127. The molecule has 2 heterocycles. The number of nitrogens with one attached hydrogen (secondary N) is 3. The lowest BCUT2D eigenvalue weighted by Crippen LogP contribution is -2.40. The second-order valence-electron chi connectivity index (χ2n) is 6.84. The first-order valence-electron chi connectivity index (χ1n) is 9.50. The molecule has 0 aliphatic heterocycles. The van der Waals surface area contributed by atoms with Crippen LogP contribution in [0.3, 0.4) is 0 Å². The lowest BCUT2D eigenvalue weighted by atomic mass is 10.1. The molecule has 4 aromatic rings. The van der Waals surface area contributed by atoms with Gasteiger partial charge in [-0.1, -0.05) is 18.2 Å². The highest BCUT2D eigenvalue weighted by Crippen LogP contribution is 2.29. The van der Waals surface area contributed by atoms with Crippen LogP contribution in [-0.2, 0) is 6.42 Å². The molecule has 0 saturated carbocycles. The summed E-state index contributed by atoms with van der Waals surface area (Å²) in [5, 5.41) is 19.1. The molecule has 0 spiro atoms. The summed E-state index contributed by atoms with van der Waals surface area (Å²) >= 11 is 1.60. The first-order chi connectivity index (χ1) is 14.1. The van der Waals surface area contributed by atoms with E-state index in [9.17, 15) is 9.50 Å². The van der Waals surface area contributed by atoms with Crippen molar-refractivity contribution in [2.75, 3.05) is 20.1 Å². The van der Waals surface area contributed by atoms with Gasteiger partial charge in [0.2, 0.25) is 0 Å². The largest absolute Gasteiger partial charge is 0.386 e. The molecule has 2 aromatic carbocycles. The Kier molecular flexibility index (Phi) is 7.68. The fourth-order valence-electron chi connectivity index (χ4n) is 3.36. The van der Waals surface area contributed by atoms with E-state index in [1.165, 1.54) is 16.8 Å². The normalized spacial score (nSPS) is 12.7. The molecule has 158 valence electrons. The molecular formula is C22H24FIN4OS. The summed E-state index contributed by atoms with van der Waals surface area (Å²) in [7, 11) is 1.70. The van der Waals surface area contributed by atoms with E-state index in [4.69, 9.17) is 0 Å². The van der Waals surface area contributed by atoms with Crippen molar-refractivity contribution in [3.8, 4) is 0 Å². The Labute approximate surface area is 195 Å². The van der Waals surface area contributed by atoms with E-state index < -0.39 is 6.10 Å². The zero-order valence-electron chi connectivity index (χ0n) is 16.5. The summed E-state index contributed by atoms with van der Waals surface area (Å²) in [6.07, 6.45) is 2.08. The number of hydrogen-bond acceptors (Lipinski definition) is 3. The van der Waals surface area contributed by atoms with Crippen LogP contribution in [0.2, 0.25) is 0 Å². The molecule has 0 saturated heterocycles. The fourth-order valence-corrected chi connectivity index (χ4v) is 4.41. The molecule has 30 heavy (non-hydrogen) atoms. The number of benzene rings is 2. The summed E-state index contributed by atoms with van der Waals surface area (Å²) in [5.41, 5.74) is 1.92. The minimum Gasteiger partial charge on any atom is -0.386 e. The molecule has 0 radical (unpaired) electrons. The lowest BCUT2D eigenvalue weighted by Gasteiger charge is -2.14. The number of aliphatic hydroxyl groups excluding tert-OH is 1. The Bertz CT molecular complexity index is 1120. The van der Waals surface area contributed by atoms with Crippen molar-refractivity contribution in [2.45, 2.75) is 12.5 Å². The van der Waals surface area contributed by atoms with Crippen LogP contribution < -0.4 is 10.6 Å². The number of halogens is 2. The van der Waals surface area contributed by atoms with Crippen molar-refractivity contribution in [1.29, 1.82) is 0 Å². The molecule has 5 nitrogen and oxygen atoms in total. The van der Waals surface area contributed by atoms with Gasteiger partial charge in [-0.2, -0.15) is 0 Å². The number of aliphatic hydroxyl groups is 1. The number of guanidine groups is 1. The molecular weight excluding hydrogens is 514 g/mol. The molecule has 0 amide bonds. The third kappa shape index (κ3) is 5.11. The summed E-state index contributed by atoms with van der Waals surface area (Å²) in [5.74, 6) is 0.391. The predicted molar refractivity (Wildman–Crippen MR) is 134 cm³/mol. The van der Waals surface area contributed by atoms with Crippen molar-refractivity contribution in [2.24, 2.45) is 4.99 Å². The number of aromatic amines is 1. The molecule has 4 N–H and O–H groups in total. The monoisotopic (exact) mass is 538 g/mol. The molecule has 0 bridgehead atoms. The summed E-state index contributed by atoms with van der Waals surface area (Å²) in [6, 6.07) is 14.9. The lowest BCUT2D eigenvalue weighted by molar-refractivity contribution is 0.184. The minimum absolute atomic E-state index is 0. The van der Waals surface area contributed by atoms with E-state index in [1.54, 1.807) is 24.5 Å². The van der Waals surface area contributed by atoms with Gasteiger partial charge < -0.3 is 20.7 Å². The Morgan fingerprint density at radius 3 is 2.83 bits per heavy atom. The first-order valence-corrected chi connectivity index (χ1v) is 10.3. The van der Waals surface area contributed by atoms with Gasteiger partial charge >= 0.3 is 0 Å². The number of rotatable bonds is 6. The van der Waals surface area contributed by atoms with Gasteiger partial charge in [0.05, 0.1) is 0 Å². The Balaban J connectivity index is 0.00000256. The summed E-state index contributed by atoms with van der Waals surface area (Å²) in [4.78, 5) is 8.25. The average molecular weight is 538 g/mol. The first kappa shape index (κ1) is 22.5. The van der Waals surface area contributed by atoms with Gasteiger partial charge in [0, 0.05) is 46.8 Å².